The van der Waals surface area contributed by atoms with E-state index in [9.17, 15) is 8.42 Å². The van der Waals surface area contributed by atoms with Crippen LogP contribution in [0.25, 0.3) is 0 Å². The topological polar surface area (TPSA) is 111 Å². The summed E-state index contributed by atoms with van der Waals surface area (Å²) >= 11 is 7.32. The van der Waals surface area contributed by atoms with Crippen molar-refractivity contribution in [1.82, 2.24) is 4.98 Å². The summed E-state index contributed by atoms with van der Waals surface area (Å²) in [7, 11) is -3.70. The van der Waals surface area contributed by atoms with Gasteiger partial charge >= 0.3 is 0 Å². The molecule has 3 rings (SSSR count). The number of nitrogens with zero attached hydrogens (tertiary/aromatic N) is 1. The van der Waals surface area contributed by atoms with E-state index >= 15 is 0 Å². The highest BCUT2D eigenvalue weighted by Gasteiger charge is 2.12. The van der Waals surface area contributed by atoms with Crippen molar-refractivity contribution in [2.24, 2.45) is 10.9 Å². The third-order valence-electron chi connectivity index (χ3n) is 3.70. The molecule has 0 radical (unpaired) electrons. The van der Waals surface area contributed by atoms with Crippen molar-refractivity contribution in [3.63, 3.8) is 0 Å². The Morgan fingerprint density at radius 1 is 1.12 bits per heavy atom. The highest BCUT2D eigenvalue weighted by Crippen LogP contribution is 2.25. The molecule has 136 valence electrons. The minimum atomic E-state index is -3.70. The summed E-state index contributed by atoms with van der Waals surface area (Å²) < 4.78 is 22.6. The lowest BCUT2D eigenvalue weighted by molar-refractivity contribution is 0.598. The van der Waals surface area contributed by atoms with Gasteiger partial charge in [0.25, 0.3) is 0 Å². The third kappa shape index (κ3) is 4.80. The van der Waals surface area contributed by atoms with E-state index in [-0.39, 0.29) is 10.9 Å². The first kappa shape index (κ1) is 18.8. The van der Waals surface area contributed by atoms with E-state index in [1.807, 2.05) is 29.6 Å². The maximum Gasteiger partial charge on any atom is 0.238 e. The van der Waals surface area contributed by atoms with Crippen LogP contribution in [0.2, 0.25) is 5.02 Å². The van der Waals surface area contributed by atoms with Gasteiger partial charge in [0.15, 0.2) is 5.13 Å². The number of rotatable bonds is 6. The van der Waals surface area contributed by atoms with Gasteiger partial charge in [0.05, 0.1) is 16.6 Å². The Labute approximate surface area is 160 Å². The molecule has 0 fully saturated rings. The highest BCUT2D eigenvalue weighted by atomic mass is 35.5. The molecule has 1 heterocycles. The van der Waals surface area contributed by atoms with Crippen molar-refractivity contribution >= 4 is 43.8 Å². The number of thiazole rings is 1. The molecule has 6 nitrogen and oxygen atoms in total. The molecule has 0 aliphatic carbocycles. The van der Waals surface area contributed by atoms with Crippen LogP contribution in [-0.2, 0) is 16.4 Å². The molecule has 3 aromatic rings. The summed E-state index contributed by atoms with van der Waals surface area (Å²) in [5.74, 6) is 0. The molecule has 0 aliphatic heterocycles. The van der Waals surface area contributed by atoms with Crippen LogP contribution in [0.3, 0.4) is 0 Å². The Morgan fingerprint density at radius 3 is 2.38 bits per heavy atom. The maximum atomic E-state index is 11.3. The van der Waals surface area contributed by atoms with Gasteiger partial charge in [-0.15, -0.1) is 11.3 Å². The smallest absolute Gasteiger partial charge is 0.238 e. The van der Waals surface area contributed by atoms with Gasteiger partial charge in [0.1, 0.15) is 0 Å². The number of nitrogens with two attached hydrogens (primary N) is 2. The van der Waals surface area contributed by atoms with Gasteiger partial charge in [0, 0.05) is 16.1 Å². The molecule has 0 aliphatic rings. The molecule has 26 heavy (non-hydrogen) atoms. The van der Waals surface area contributed by atoms with Crippen molar-refractivity contribution in [3.05, 3.63) is 70.2 Å². The molecule has 0 bridgehead atoms. The van der Waals surface area contributed by atoms with E-state index in [4.69, 9.17) is 22.5 Å². The minimum Gasteiger partial charge on any atom is -0.332 e. The molecule has 1 aromatic heterocycles. The highest BCUT2D eigenvalue weighted by molar-refractivity contribution is 7.89. The number of benzene rings is 2. The molecule has 9 heteroatoms. The van der Waals surface area contributed by atoms with Crippen molar-refractivity contribution in [3.8, 4) is 0 Å². The maximum absolute atomic E-state index is 11.3. The number of halogens is 1. The standard InChI is InChI=1S/C17H17ClN4O2S2/c18-12-3-1-11(2-4-12)9-15(19)16-10-25-17(22-16)21-13-5-7-14(8-6-13)26(20,23)24/h1-8,10,15H,9,19H2,(H,21,22)(H2,20,23,24). The van der Waals surface area contributed by atoms with Crippen LogP contribution >= 0.6 is 22.9 Å². The second-order valence-corrected chi connectivity index (χ2v) is 8.56. The first-order chi connectivity index (χ1) is 12.3. The monoisotopic (exact) mass is 408 g/mol. The molecular formula is C17H17ClN4O2S2. The molecule has 0 spiro atoms. The van der Waals surface area contributed by atoms with Crippen LogP contribution in [0.1, 0.15) is 17.3 Å². The predicted molar refractivity (Wildman–Crippen MR) is 105 cm³/mol. The van der Waals surface area contributed by atoms with E-state index in [2.05, 4.69) is 10.3 Å². The number of anilines is 2. The van der Waals surface area contributed by atoms with E-state index in [0.717, 1.165) is 11.3 Å². The summed E-state index contributed by atoms with van der Waals surface area (Å²) in [6.45, 7) is 0. The van der Waals surface area contributed by atoms with Crippen molar-refractivity contribution in [2.75, 3.05) is 5.32 Å². The van der Waals surface area contributed by atoms with E-state index in [1.54, 1.807) is 12.1 Å². The Bertz CT molecular complexity index is 986. The fraction of sp³-hybridized carbons (Fsp3) is 0.118. The normalized spacial score (nSPS) is 12.7. The molecular weight excluding hydrogens is 392 g/mol. The summed E-state index contributed by atoms with van der Waals surface area (Å²) in [4.78, 5) is 4.57. The van der Waals surface area contributed by atoms with Crippen LogP contribution in [-0.4, -0.2) is 13.4 Å². The van der Waals surface area contributed by atoms with Crippen LogP contribution in [0, 0.1) is 0 Å². The first-order valence-corrected chi connectivity index (χ1v) is 10.5. The van der Waals surface area contributed by atoms with Gasteiger partial charge in [-0.2, -0.15) is 0 Å². The molecule has 2 aromatic carbocycles. The molecule has 5 N–H and O–H groups in total. The van der Waals surface area contributed by atoms with Gasteiger partial charge in [-0.05, 0) is 48.4 Å². The van der Waals surface area contributed by atoms with Crippen LogP contribution in [0.15, 0.2) is 58.8 Å². The molecule has 1 unspecified atom stereocenters. The lowest BCUT2D eigenvalue weighted by Gasteiger charge is -2.09. The Morgan fingerprint density at radius 2 is 1.77 bits per heavy atom. The van der Waals surface area contributed by atoms with E-state index in [1.165, 1.54) is 23.5 Å². The zero-order valence-corrected chi connectivity index (χ0v) is 16.0. The molecule has 0 saturated heterocycles. The van der Waals surface area contributed by atoms with Crippen LogP contribution in [0.4, 0.5) is 10.8 Å². The van der Waals surface area contributed by atoms with Gasteiger partial charge in [-0.1, -0.05) is 23.7 Å². The molecule has 0 saturated carbocycles. The Hall–Kier alpha value is -1.97. The largest absolute Gasteiger partial charge is 0.332 e. The predicted octanol–water partition coefficient (Wildman–Crippen LogP) is 3.43. The van der Waals surface area contributed by atoms with Gasteiger partial charge < -0.3 is 11.1 Å². The van der Waals surface area contributed by atoms with Crippen molar-refractivity contribution in [2.45, 2.75) is 17.4 Å². The Balaban J connectivity index is 1.66. The van der Waals surface area contributed by atoms with E-state index < -0.39 is 10.0 Å². The van der Waals surface area contributed by atoms with E-state index in [0.29, 0.717) is 22.3 Å². The summed E-state index contributed by atoms with van der Waals surface area (Å²) in [5, 5.41) is 11.5. The number of nitrogens with one attached hydrogen (secondary N) is 1. The van der Waals surface area contributed by atoms with Crippen LogP contribution in [0.5, 0.6) is 0 Å². The first-order valence-electron chi connectivity index (χ1n) is 7.66. The molecule has 0 amide bonds. The van der Waals surface area contributed by atoms with Gasteiger partial charge in [0.2, 0.25) is 10.0 Å². The number of hydrogen-bond acceptors (Lipinski definition) is 6. The van der Waals surface area contributed by atoms with Crippen molar-refractivity contribution in [1.29, 1.82) is 0 Å². The van der Waals surface area contributed by atoms with Gasteiger partial charge in [-0.3, -0.25) is 0 Å². The SMILES string of the molecule is NC(Cc1ccc(Cl)cc1)c1csc(Nc2ccc(S(N)(=O)=O)cc2)n1. The number of sulfonamides is 1. The van der Waals surface area contributed by atoms with Gasteiger partial charge in [-0.25, -0.2) is 18.5 Å². The lowest BCUT2D eigenvalue weighted by atomic mass is 10.1. The quantitative estimate of drug-likeness (QED) is 0.578. The average Bonchev–Trinajstić information content (AvgIpc) is 3.05. The number of aromatic nitrogens is 1. The summed E-state index contributed by atoms with van der Waals surface area (Å²) in [6, 6.07) is 13.5. The number of primary sulfonamides is 1. The minimum absolute atomic E-state index is 0.0628. The fourth-order valence-corrected chi connectivity index (χ4v) is 3.78. The number of hydrogen-bond donors (Lipinski definition) is 3. The average molecular weight is 409 g/mol. The zero-order chi connectivity index (χ0) is 18.7. The fourth-order valence-electron chi connectivity index (χ4n) is 2.34. The summed E-state index contributed by atoms with van der Waals surface area (Å²) in [6.07, 6.45) is 0.656. The molecule has 1 atom stereocenters. The second kappa shape index (κ2) is 7.73. The van der Waals surface area contributed by atoms with Crippen LogP contribution < -0.4 is 16.2 Å². The lowest BCUT2D eigenvalue weighted by Crippen LogP contribution is -2.13. The summed E-state index contributed by atoms with van der Waals surface area (Å²) in [5.41, 5.74) is 8.83. The van der Waals surface area contributed by atoms with Crippen molar-refractivity contribution < 1.29 is 8.42 Å². The second-order valence-electron chi connectivity index (χ2n) is 5.71. The third-order valence-corrected chi connectivity index (χ3v) is 5.66. The zero-order valence-electron chi connectivity index (χ0n) is 13.6. The Kier molecular flexibility index (Phi) is 5.59.